The molecule has 1 aromatic heterocycles. The van der Waals surface area contributed by atoms with Crippen molar-refractivity contribution in [2.24, 2.45) is 0 Å². The fraction of sp³-hybridized carbons (Fsp3) is 0.375. The van der Waals surface area contributed by atoms with E-state index >= 15 is 0 Å². The van der Waals surface area contributed by atoms with Gasteiger partial charge in [-0.25, -0.2) is 0 Å². The van der Waals surface area contributed by atoms with Crippen LogP contribution in [0.3, 0.4) is 0 Å². The second-order valence-corrected chi connectivity index (χ2v) is 4.59. The summed E-state index contributed by atoms with van der Waals surface area (Å²) in [4.78, 5) is 0. The van der Waals surface area contributed by atoms with Gasteiger partial charge in [0.1, 0.15) is 11.3 Å². The standard InChI is InChI=1S/C16H19NO/c1-4-8-14(5-2)17-12(3)16-11-13-9-6-7-10-15(13)18-16/h1,6-7,9-12,14,17H,5,8H2,2-3H3. The molecule has 2 aromatic rings. The first-order valence-corrected chi connectivity index (χ1v) is 6.42. The van der Waals surface area contributed by atoms with Crippen molar-refractivity contribution in [2.75, 3.05) is 0 Å². The Bertz CT molecular complexity index is 516. The van der Waals surface area contributed by atoms with Crippen LogP contribution in [0.25, 0.3) is 11.0 Å². The lowest BCUT2D eigenvalue weighted by Crippen LogP contribution is -2.30. The van der Waals surface area contributed by atoms with Crippen LogP contribution in [0.4, 0.5) is 0 Å². The van der Waals surface area contributed by atoms with Crippen molar-refractivity contribution in [3.8, 4) is 12.3 Å². The smallest absolute Gasteiger partial charge is 0.134 e. The van der Waals surface area contributed by atoms with Crippen LogP contribution < -0.4 is 5.32 Å². The number of terminal acetylenes is 1. The molecule has 94 valence electrons. The molecule has 1 aromatic carbocycles. The van der Waals surface area contributed by atoms with E-state index in [0.29, 0.717) is 6.04 Å². The predicted molar refractivity (Wildman–Crippen MR) is 75.3 cm³/mol. The van der Waals surface area contributed by atoms with Crippen molar-refractivity contribution >= 4 is 11.0 Å². The number of benzene rings is 1. The third-order valence-electron chi connectivity index (χ3n) is 3.21. The Morgan fingerprint density at radius 1 is 1.39 bits per heavy atom. The highest BCUT2D eigenvalue weighted by molar-refractivity contribution is 5.77. The Kier molecular flexibility index (Phi) is 4.07. The van der Waals surface area contributed by atoms with Gasteiger partial charge < -0.3 is 9.73 Å². The van der Waals surface area contributed by atoms with Crippen molar-refractivity contribution in [2.45, 2.75) is 38.8 Å². The summed E-state index contributed by atoms with van der Waals surface area (Å²) in [6.45, 7) is 4.25. The fourth-order valence-electron chi connectivity index (χ4n) is 2.11. The topological polar surface area (TPSA) is 25.2 Å². The van der Waals surface area contributed by atoms with Crippen molar-refractivity contribution in [3.05, 3.63) is 36.1 Å². The van der Waals surface area contributed by atoms with Crippen LogP contribution in [-0.2, 0) is 0 Å². The number of fused-ring (bicyclic) bond motifs is 1. The largest absolute Gasteiger partial charge is 0.459 e. The summed E-state index contributed by atoms with van der Waals surface area (Å²) in [5, 5.41) is 4.65. The zero-order valence-corrected chi connectivity index (χ0v) is 10.9. The maximum atomic E-state index is 5.84. The summed E-state index contributed by atoms with van der Waals surface area (Å²) in [7, 11) is 0. The van der Waals surface area contributed by atoms with Gasteiger partial charge in [0, 0.05) is 17.8 Å². The molecule has 2 rings (SSSR count). The average molecular weight is 241 g/mol. The molecule has 18 heavy (non-hydrogen) atoms. The van der Waals surface area contributed by atoms with Crippen LogP contribution in [-0.4, -0.2) is 6.04 Å². The number of nitrogens with one attached hydrogen (secondary N) is 1. The molecule has 0 spiro atoms. The van der Waals surface area contributed by atoms with E-state index < -0.39 is 0 Å². The number of rotatable bonds is 5. The lowest BCUT2D eigenvalue weighted by atomic mass is 10.1. The Hall–Kier alpha value is -1.72. The fourth-order valence-corrected chi connectivity index (χ4v) is 2.11. The molecular formula is C16H19NO. The number of hydrogen-bond donors (Lipinski definition) is 1. The quantitative estimate of drug-likeness (QED) is 0.803. The summed E-state index contributed by atoms with van der Waals surface area (Å²) in [6.07, 6.45) is 7.14. The lowest BCUT2D eigenvalue weighted by molar-refractivity contribution is 0.395. The van der Waals surface area contributed by atoms with Gasteiger partial charge >= 0.3 is 0 Å². The van der Waals surface area contributed by atoms with Crippen LogP contribution in [0.5, 0.6) is 0 Å². The van der Waals surface area contributed by atoms with Crippen molar-refractivity contribution in [1.82, 2.24) is 5.32 Å². The monoisotopic (exact) mass is 241 g/mol. The predicted octanol–water partition coefficient (Wildman–Crippen LogP) is 3.89. The average Bonchev–Trinajstić information content (AvgIpc) is 2.82. The van der Waals surface area contributed by atoms with Gasteiger partial charge in [-0.15, -0.1) is 12.3 Å². The van der Waals surface area contributed by atoms with Gasteiger partial charge in [-0.05, 0) is 25.5 Å². The summed E-state index contributed by atoms with van der Waals surface area (Å²) in [5.41, 5.74) is 0.936. The molecule has 0 bridgehead atoms. The van der Waals surface area contributed by atoms with E-state index in [9.17, 15) is 0 Å². The minimum absolute atomic E-state index is 0.177. The molecule has 0 aliphatic carbocycles. The Labute approximate surface area is 108 Å². The summed E-state index contributed by atoms with van der Waals surface area (Å²) < 4.78 is 5.84. The highest BCUT2D eigenvalue weighted by Gasteiger charge is 2.14. The molecule has 0 radical (unpaired) electrons. The first-order chi connectivity index (χ1) is 8.74. The summed E-state index contributed by atoms with van der Waals surface area (Å²) in [5.74, 6) is 3.67. The SMILES string of the molecule is C#CCC(CC)NC(C)c1cc2ccccc2o1. The van der Waals surface area contributed by atoms with E-state index in [-0.39, 0.29) is 6.04 Å². The minimum Gasteiger partial charge on any atom is -0.459 e. The number of para-hydroxylation sites is 1. The number of furan rings is 1. The number of hydrogen-bond acceptors (Lipinski definition) is 2. The summed E-state index contributed by atoms with van der Waals surface area (Å²) in [6, 6.07) is 10.7. The molecule has 2 nitrogen and oxygen atoms in total. The highest BCUT2D eigenvalue weighted by Crippen LogP contribution is 2.24. The summed E-state index contributed by atoms with van der Waals surface area (Å²) >= 11 is 0. The van der Waals surface area contributed by atoms with E-state index in [1.807, 2.05) is 18.2 Å². The molecule has 2 unspecified atom stereocenters. The molecule has 0 amide bonds. The van der Waals surface area contributed by atoms with Crippen molar-refractivity contribution in [1.29, 1.82) is 0 Å². The van der Waals surface area contributed by atoms with Crippen LogP contribution in [0, 0.1) is 12.3 Å². The van der Waals surface area contributed by atoms with Gasteiger partial charge in [0.15, 0.2) is 0 Å². The zero-order valence-electron chi connectivity index (χ0n) is 10.9. The molecule has 0 aliphatic rings. The van der Waals surface area contributed by atoms with Crippen molar-refractivity contribution in [3.63, 3.8) is 0 Å². The van der Waals surface area contributed by atoms with Gasteiger partial charge in [-0.3, -0.25) is 0 Å². The van der Waals surface area contributed by atoms with Crippen LogP contribution in [0.2, 0.25) is 0 Å². The second kappa shape index (κ2) is 5.75. The molecule has 2 atom stereocenters. The molecule has 2 heteroatoms. The third kappa shape index (κ3) is 2.75. The lowest BCUT2D eigenvalue weighted by Gasteiger charge is -2.18. The van der Waals surface area contributed by atoms with Crippen LogP contribution >= 0.6 is 0 Å². The first kappa shape index (κ1) is 12.7. The van der Waals surface area contributed by atoms with Gasteiger partial charge in [0.25, 0.3) is 0 Å². The third-order valence-corrected chi connectivity index (χ3v) is 3.21. The van der Waals surface area contributed by atoms with Crippen LogP contribution in [0.1, 0.15) is 38.5 Å². The molecule has 0 aliphatic heterocycles. The zero-order chi connectivity index (χ0) is 13.0. The van der Waals surface area contributed by atoms with E-state index in [0.717, 1.165) is 29.6 Å². The molecule has 0 fully saturated rings. The van der Waals surface area contributed by atoms with Crippen molar-refractivity contribution < 1.29 is 4.42 Å². The van der Waals surface area contributed by atoms with Gasteiger partial charge in [-0.1, -0.05) is 25.1 Å². The van der Waals surface area contributed by atoms with E-state index in [4.69, 9.17) is 10.8 Å². The van der Waals surface area contributed by atoms with Gasteiger partial charge in [0.2, 0.25) is 0 Å². The molecule has 0 saturated heterocycles. The van der Waals surface area contributed by atoms with E-state index in [2.05, 4.69) is 37.2 Å². The normalized spacial score (nSPS) is 14.3. The maximum Gasteiger partial charge on any atom is 0.134 e. The van der Waals surface area contributed by atoms with E-state index in [1.165, 1.54) is 0 Å². The molecular weight excluding hydrogens is 222 g/mol. The highest BCUT2D eigenvalue weighted by atomic mass is 16.3. The maximum absolute atomic E-state index is 5.84. The minimum atomic E-state index is 0.177. The van der Waals surface area contributed by atoms with Crippen LogP contribution in [0.15, 0.2) is 34.7 Å². The van der Waals surface area contributed by atoms with E-state index in [1.54, 1.807) is 0 Å². The molecule has 0 saturated carbocycles. The van der Waals surface area contributed by atoms with Gasteiger partial charge in [-0.2, -0.15) is 0 Å². The Morgan fingerprint density at radius 3 is 2.83 bits per heavy atom. The Balaban J connectivity index is 2.13. The van der Waals surface area contributed by atoms with Gasteiger partial charge in [0.05, 0.1) is 6.04 Å². The Morgan fingerprint density at radius 2 is 2.17 bits per heavy atom. The second-order valence-electron chi connectivity index (χ2n) is 4.59. The first-order valence-electron chi connectivity index (χ1n) is 6.42. The molecule has 1 heterocycles. The molecule has 1 N–H and O–H groups in total.